The fraction of sp³-hybridized carbons (Fsp3) is 0.333. The lowest BCUT2D eigenvalue weighted by Crippen LogP contribution is -2.35. The van der Waals surface area contributed by atoms with Crippen LogP contribution in [-0.4, -0.2) is 30.8 Å². The molecule has 3 amide bonds. The maximum absolute atomic E-state index is 12.6. The van der Waals surface area contributed by atoms with Gasteiger partial charge in [-0.3, -0.25) is 14.4 Å². The van der Waals surface area contributed by atoms with E-state index < -0.39 is 0 Å². The highest BCUT2D eigenvalue weighted by Crippen LogP contribution is 2.21. The Balaban J connectivity index is 1.84. The lowest BCUT2D eigenvalue weighted by Gasteiger charge is -2.21. The Kier molecular flexibility index (Phi) is 8.77. The smallest absolute Gasteiger partial charge is 0.243 e. The molecule has 2 aromatic carbocycles. The summed E-state index contributed by atoms with van der Waals surface area (Å²) in [6, 6.07) is 15.0. The second-order valence-corrected chi connectivity index (χ2v) is 7.39. The van der Waals surface area contributed by atoms with Crippen molar-refractivity contribution in [2.24, 2.45) is 0 Å². The molecule has 0 bridgehead atoms. The minimum Gasteiger partial charge on any atom is -0.347 e. The number of hydrogen-bond donors (Lipinski definition) is 2. The van der Waals surface area contributed by atoms with E-state index in [9.17, 15) is 14.4 Å². The van der Waals surface area contributed by atoms with Crippen molar-refractivity contribution in [1.82, 2.24) is 5.32 Å². The lowest BCUT2D eigenvalue weighted by atomic mass is 10.1. The first kappa shape index (κ1) is 23.6. The van der Waals surface area contributed by atoms with Crippen LogP contribution < -0.4 is 15.5 Å². The SMILES string of the molecule is Cc1cc(C)c(NC(=O)CNC(=O)CCC(=O)N(CCC#N)c2ccccc2)c(C)c1. The summed E-state index contributed by atoms with van der Waals surface area (Å²) in [6.07, 6.45) is 0.152. The number of nitriles is 1. The fourth-order valence-corrected chi connectivity index (χ4v) is 3.35. The summed E-state index contributed by atoms with van der Waals surface area (Å²) in [7, 11) is 0. The van der Waals surface area contributed by atoms with Gasteiger partial charge < -0.3 is 15.5 Å². The second-order valence-electron chi connectivity index (χ2n) is 7.39. The third-order valence-electron chi connectivity index (χ3n) is 4.77. The number of benzene rings is 2. The summed E-state index contributed by atoms with van der Waals surface area (Å²) in [5, 5.41) is 14.2. The highest BCUT2D eigenvalue weighted by molar-refractivity contribution is 5.97. The average Bonchev–Trinajstić information content (AvgIpc) is 2.74. The molecule has 0 atom stereocenters. The van der Waals surface area contributed by atoms with Crippen LogP contribution in [0.5, 0.6) is 0 Å². The van der Waals surface area contributed by atoms with Gasteiger partial charge in [0.1, 0.15) is 0 Å². The largest absolute Gasteiger partial charge is 0.347 e. The third-order valence-corrected chi connectivity index (χ3v) is 4.77. The van der Waals surface area contributed by atoms with Crippen molar-refractivity contribution >= 4 is 29.1 Å². The topological polar surface area (TPSA) is 102 Å². The Morgan fingerprint density at radius 1 is 0.968 bits per heavy atom. The number of rotatable bonds is 9. The molecule has 7 nitrogen and oxygen atoms in total. The zero-order chi connectivity index (χ0) is 22.8. The molecule has 0 radical (unpaired) electrons. The third kappa shape index (κ3) is 7.27. The summed E-state index contributed by atoms with van der Waals surface area (Å²) in [6.45, 7) is 5.93. The molecule has 0 aromatic heterocycles. The van der Waals surface area contributed by atoms with Crippen molar-refractivity contribution in [2.75, 3.05) is 23.3 Å². The number of nitrogens with zero attached hydrogens (tertiary/aromatic N) is 2. The maximum Gasteiger partial charge on any atom is 0.243 e. The van der Waals surface area contributed by atoms with Crippen molar-refractivity contribution < 1.29 is 14.4 Å². The molecule has 0 aliphatic carbocycles. The van der Waals surface area contributed by atoms with Gasteiger partial charge in [-0.15, -0.1) is 0 Å². The van der Waals surface area contributed by atoms with E-state index in [1.165, 1.54) is 4.90 Å². The number of anilines is 2. The molecule has 0 saturated carbocycles. The van der Waals surface area contributed by atoms with Crippen LogP contribution in [0.15, 0.2) is 42.5 Å². The van der Waals surface area contributed by atoms with Crippen LogP contribution in [0.4, 0.5) is 11.4 Å². The van der Waals surface area contributed by atoms with Crippen molar-refractivity contribution in [3.8, 4) is 6.07 Å². The Labute approximate surface area is 183 Å². The van der Waals surface area contributed by atoms with E-state index in [1.54, 1.807) is 12.1 Å². The summed E-state index contributed by atoms with van der Waals surface area (Å²) in [5.41, 5.74) is 4.47. The van der Waals surface area contributed by atoms with Gasteiger partial charge in [-0.25, -0.2) is 0 Å². The van der Waals surface area contributed by atoms with E-state index in [2.05, 4.69) is 10.6 Å². The molecule has 0 fully saturated rings. The zero-order valence-electron chi connectivity index (χ0n) is 18.2. The molecular weight excluding hydrogens is 392 g/mol. The van der Waals surface area contributed by atoms with Crippen molar-refractivity contribution in [3.05, 3.63) is 59.2 Å². The van der Waals surface area contributed by atoms with E-state index in [0.29, 0.717) is 5.69 Å². The van der Waals surface area contributed by atoms with Gasteiger partial charge in [0.25, 0.3) is 0 Å². The molecule has 7 heteroatoms. The molecule has 162 valence electrons. The summed E-state index contributed by atoms with van der Waals surface area (Å²) in [5.74, 6) is -0.948. The van der Waals surface area contributed by atoms with E-state index in [-0.39, 0.29) is 50.1 Å². The molecule has 2 rings (SSSR count). The van der Waals surface area contributed by atoms with E-state index in [0.717, 1.165) is 22.4 Å². The number of hydrogen-bond acceptors (Lipinski definition) is 4. The Bertz CT molecular complexity index is 957. The van der Waals surface area contributed by atoms with Crippen molar-refractivity contribution in [1.29, 1.82) is 5.26 Å². The molecule has 0 unspecified atom stereocenters. The molecule has 0 heterocycles. The van der Waals surface area contributed by atoms with Gasteiger partial charge in [-0.2, -0.15) is 5.26 Å². The Hall–Kier alpha value is -3.66. The van der Waals surface area contributed by atoms with Crippen LogP contribution in [0.2, 0.25) is 0 Å². The molecule has 0 saturated heterocycles. The first-order valence-electron chi connectivity index (χ1n) is 10.2. The molecule has 0 aliphatic heterocycles. The lowest BCUT2D eigenvalue weighted by molar-refractivity contribution is -0.126. The summed E-state index contributed by atoms with van der Waals surface area (Å²) < 4.78 is 0. The zero-order valence-corrected chi connectivity index (χ0v) is 18.2. The highest BCUT2D eigenvalue weighted by atomic mass is 16.2. The quantitative estimate of drug-likeness (QED) is 0.649. The minimum absolute atomic E-state index is 0.00997. The van der Waals surface area contributed by atoms with Gasteiger partial charge >= 0.3 is 0 Å². The number of para-hydroxylation sites is 1. The standard InChI is InChI=1S/C24H28N4O3/c1-17-14-18(2)24(19(3)15-17)27-22(30)16-26-21(29)10-11-23(31)28(13-7-12-25)20-8-5-4-6-9-20/h4-6,8-9,14-15H,7,10-11,13,16H2,1-3H3,(H,26,29)(H,27,30). The molecular formula is C24H28N4O3. The fourth-order valence-electron chi connectivity index (χ4n) is 3.35. The molecule has 2 aromatic rings. The normalized spacial score (nSPS) is 10.1. The predicted octanol–water partition coefficient (Wildman–Crippen LogP) is 3.39. The maximum atomic E-state index is 12.6. The highest BCUT2D eigenvalue weighted by Gasteiger charge is 2.17. The van der Waals surface area contributed by atoms with E-state index >= 15 is 0 Å². The molecule has 2 N–H and O–H groups in total. The Morgan fingerprint density at radius 2 is 1.61 bits per heavy atom. The number of carbonyl (C=O) groups is 3. The Morgan fingerprint density at radius 3 is 2.23 bits per heavy atom. The van der Waals surface area contributed by atoms with E-state index in [1.807, 2.05) is 57.2 Å². The van der Waals surface area contributed by atoms with Crippen LogP contribution in [-0.2, 0) is 14.4 Å². The van der Waals surface area contributed by atoms with Crippen molar-refractivity contribution in [2.45, 2.75) is 40.0 Å². The molecule has 31 heavy (non-hydrogen) atoms. The van der Waals surface area contributed by atoms with E-state index in [4.69, 9.17) is 5.26 Å². The first-order valence-corrected chi connectivity index (χ1v) is 10.2. The van der Waals surface area contributed by atoms with Gasteiger partial charge in [-0.1, -0.05) is 35.9 Å². The van der Waals surface area contributed by atoms with Crippen LogP contribution in [0.1, 0.15) is 36.0 Å². The van der Waals surface area contributed by atoms with Crippen LogP contribution in [0.25, 0.3) is 0 Å². The van der Waals surface area contributed by atoms with Crippen LogP contribution in [0, 0.1) is 32.1 Å². The van der Waals surface area contributed by atoms with Gasteiger partial charge in [0, 0.05) is 30.8 Å². The second kappa shape index (κ2) is 11.5. The van der Waals surface area contributed by atoms with Crippen LogP contribution >= 0.6 is 0 Å². The number of carbonyl (C=O) groups excluding carboxylic acids is 3. The van der Waals surface area contributed by atoms with Crippen molar-refractivity contribution in [3.63, 3.8) is 0 Å². The molecule has 0 spiro atoms. The monoisotopic (exact) mass is 420 g/mol. The van der Waals surface area contributed by atoms with Gasteiger partial charge in [0.2, 0.25) is 17.7 Å². The number of aryl methyl sites for hydroxylation is 3. The first-order chi connectivity index (χ1) is 14.8. The minimum atomic E-state index is -0.380. The molecule has 0 aliphatic rings. The predicted molar refractivity (Wildman–Crippen MR) is 121 cm³/mol. The van der Waals surface area contributed by atoms with Crippen LogP contribution in [0.3, 0.4) is 0 Å². The summed E-state index contributed by atoms with van der Waals surface area (Å²) in [4.78, 5) is 38.5. The number of amides is 3. The summed E-state index contributed by atoms with van der Waals surface area (Å²) >= 11 is 0. The van der Waals surface area contributed by atoms with Gasteiger partial charge in [0.15, 0.2) is 0 Å². The average molecular weight is 421 g/mol. The van der Waals surface area contributed by atoms with Gasteiger partial charge in [0.05, 0.1) is 19.0 Å². The van der Waals surface area contributed by atoms with Gasteiger partial charge in [-0.05, 0) is 44.0 Å². The number of nitrogens with one attached hydrogen (secondary N) is 2.